The fraction of sp³-hybridized carbons (Fsp3) is 0.477. The molecular weight excluding hydrogens is 740 g/mol. The van der Waals surface area contributed by atoms with Gasteiger partial charge in [0.15, 0.2) is 0 Å². The van der Waals surface area contributed by atoms with Crippen molar-refractivity contribution >= 4 is 58.0 Å². The Morgan fingerprint density at radius 1 is 0.772 bits per heavy atom. The number of nitrogens with zero attached hydrogens (tertiary/aromatic N) is 7. The maximum atomic E-state index is 13.3. The van der Waals surface area contributed by atoms with Crippen LogP contribution in [-0.2, 0) is 9.59 Å². The van der Waals surface area contributed by atoms with Crippen LogP contribution in [0.3, 0.4) is 0 Å². The number of hydrogen-bond donors (Lipinski definition) is 1. The summed E-state index contributed by atoms with van der Waals surface area (Å²) in [5, 5.41) is 12.1. The van der Waals surface area contributed by atoms with E-state index in [-0.39, 0.29) is 18.7 Å². The van der Waals surface area contributed by atoms with Crippen molar-refractivity contribution in [3.05, 3.63) is 82.4 Å². The van der Waals surface area contributed by atoms with E-state index in [2.05, 4.69) is 74.1 Å². The Morgan fingerprint density at radius 3 is 2.05 bits per heavy atom. The molecule has 4 amide bonds. The van der Waals surface area contributed by atoms with Gasteiger partial charge in [-0.25, -0.2) is 0 Å². The van der Waals surface area contributed by atoms with E-state index in [1.54, 1.807) is 12.1 Å². The fourth-order valence-corrected chi connectivity index (χ4v) is 10.5. The van der Waals surface area contributed by atoms with Gasteiger partial charge in [-0.2, -0.15) is 5.26 Å². The van der Waals surface area contributed by atoms with E-state index in [0.29, 0.717) is 45.3 Å². The molecule has 6 heterocycles. The van der Waals surface area contributed by atoms with Gasteiger partial charge in [0.1, 0.15) is 12.1 Å². The molecule has 13 heteroatoms. The molecular formula is C44H49ClN8O4. The molecule has 1 unspecified atom stereocenters. The average Bonchev–Trinajstić information content (AvgIpc) is 3.65. The lowest BCUT2D eigenvalue weighted by atomic mass is 9.76. The number of piperidine rings is 3. The van der Waals surface area contributed by atoms with Crippen molar-refractivity contribution in [1.82, 2.24) is 15.1 Å². The number of rotatable bonds is 7. The summed E-state index contributed by atoms with van der Waals surface area (Å²) >= 11 is 6.39. The molecule has 9 rings (SSSR count). The summed E-state index contributed by atoms with van der Waals surface area (Å²) in [6, 6.07) is 22.9. The van der Waals surface area contributed by atoms with E-state index in [1.165, 1.54) is 30.6 Å². The Bertz CT molecular complexity index is 2150. The Balaban J connectivity index is 0.739. The molecule has 6 aliphatic rings. The zero-order valence-corrected chi connectivity index (χ0v) is 33.4. The molecule has 6 aliphatic heterocycles. The molecule has 3 aromatic rings. The molecule has 5 fully saturated rings. The first-order chi connectivity index (χ1) is 27.5. The Morgan fingerprint density at radius 2 is 1.40 bits per heavy atom. The minimum atomic E-state index is -0.960. The van der Waals surface area contributed by atoms with Crippen molar-refractivity contribution in [2.24, 2.45) is 5.41 Å². The van der Waals surface area contributed by atoms with Gasteiger partial charge in [0.05, 0.1) is 21.7 Å². The third-order valence-corrected chi connectivity index (χ3v) is 14.2. The number of benzene rings is 3. The molecule has 57 heavy (non-hydrogen) atoms. The smallest absolute Gasteiger partial charge is 0.262 e. The second kappa shape index (κ2) is 14.7. The molecule has 0 saturated carbocycles. The molecule has 0 aromatic heterocycles. The standard InChI is InChI=1S/C44H49ClN8O4/c1-28-23-44(27-52(28)34-4-3-29(24-46)38(45)22-34)15-19-50(20-16-44)32-7-5-31(6-8-32)49-17-13-30(14-18-49)48(2)35-25-51(26-35)33-9-10-36-37(21-33)43(57)53(42(36)56)39-11-12-40(54)47-41(39)55/h3-10,21-22,28,30,35,39H,11-20,23,25-27H2,1-2H3,(H,47,54,55)/t28-,39?/m0/s1. The topological polar surface area (TPSA) is 124 Å². The summed E-state index contributed by atoms with van der Waals surface area (Å²) in [5.74, 6) is -1.93. The number of nitriles is 1. The first-order valence-electron chi connectivity index (χ1n) is 20.4. The van der Waals surface area contributed by atoms with Crippen molar-refractivity contribution in [2.45, 2.75) is 76.0 Å². The third-order valence-electron chi connectivity index (χ3n) is 13.8. The van der Waals surface area contributed by atoms with E-state index < -0.39 is 23.8 Å². The van der Waals surface area contributed by atoms with Crippen LogP contribution in [0.25, 0.3) is 0 Å². The minimum absolute atomic E-state index is 0.102. The number of amides is 4. The monoisotopic (exact) mass is 788 g/mol. The van der Waals surface area contributed by atoms with Crippen LogP contribution in [0, 0.1) is 16.7 Å². The molecule has 5 saturated heterocycles. The normalized spacial score (nSPS) is 24.0. The SMILES string of the molecule is C[C@H]1CC2(CCN(c3ccc(N4CCC(N(C)C5CN(c6ccc7c(c6)C(=O)N(C6CCC(=O)NC6=O)C7=O)C5)CC4)cc3)CC2)CN1c1ccc(C#N)c(Cl)c1. The number of imide groups is 2. The molecule has 2 atom stereocenters. The van der Waals surface area contributed by atoms with Crippen LogP contribution in [0.2, 0.25) is 5.02 Å². The minimum Gasteiger partial charge on any atom is -0.371 e. The molecule has 12 nitrogen and oxygen atoms in total. The lowest BCUT2D eigenvalue weighted by Gasteiger charge is -2.49. The van der Waals surface area contributed by atoms with E-state index in [4.69, 9.17) is 11.6 Å². The third kappa shape index (κ3) is 6.78. The van der Waals surface area contributed by atoms with Crippen molar-refractivity contribution in [3.8, 4) is 6.07 Å². The number of likely N-dealkylation sites (N-methyl/N-ethyl adjacent to an activating group) is 1. The molecule has 296 valence electrons. The van der Waals surface area contributed by atoms with Crippen LogP contribution < -0.4 is 24.9 Å². The highest BCUT2D eigenvalue weighted by atomic mass is 35.5. The second-order valence-corrected chi connectivity index (χ2v) is 17.5. The maximum absolute atomic E-state index is 13.3. The van der Waals surface area contributed by atoms with Gasteiger partial charge < -0.3 is 19.6 Å². The molecule has 0 bridgehead atoms. The van der Waals surface area contributed by atoms with Crippen LogP contribution >= 0.6 is 11.6 Å². The van der Waals surface area contributed by atoms with Crippen molar-refractivity contribution in [3.63, 3.8) is 0 Å². The number of hydrogen-bond acceptors (Lipinski definition) is 10. The van der Waals surface area contributed by atoms with E-state index in [1.807, 2.05) is 24.3 Å². The maximum Gasteiger partial charge on any atom is 0.262 e. The highest BCUT2D eigenvalue weighted by molar-refractivity contribution is 6.32. The van der Waals surface area contributed by atoms with Crippen LogP contribution in [0.4, 0.5) is 22.7 Å². The van der Waals surface area contributed by atoms with E-state index >= 15 is 0 Å². The first-order valence-corrected chi connectivity index (χ1v) is 20.8. The average molecular weight is 789 g/mol. The summed E-state index contributed by atoms with van der Waals surface area (Å²) in [4.78, 5) is 63.8. The molecule has 0 aliphatic carbocycles. The van der Waals surface area contributed by atoms with Gasteiger partial charge in [-0.15, -0.1) is 0 Å². The summed E-state index contributed by atoms with van der Waals surface area (Å²) in [6.45, 7) is 9.16. The van der Waals surface area contributed by atoms with Gasteiger partial charge in [0.2, 0.25) is 11.8 Å². The van der Waals surface area contributed by atoms with Gasteiger partial charge in [-0.3, -0.25) is 34.3 Å². The fourth-order valence-electron chi connectivity index (χ4n) is 10.3. The number of nitrogens with one attached hydrogen (secondary N) is 1. The molecule has 0 radical (unpaired) electrons. The van der Waals surface area contributed by atoms with Crippen molar-refractivity contribution in [1.29, 1.82) is 5.26 Å². The van der Waals surface area contributed by atoms with Crippen LogP contribution in [0.5, 0.6) is 0 Å². The molecule has 3 aromatic carbocycles. The van der Waals surface area contributed by atoms with Gasteiger partial charge in [-0.1, -0.05) is 11.6 Å². The first kappa shape index (κ1) is 37.5. The summed E-state index contributed by atoms with van der Waals surface area (Å²) in [7, 11) is 2.23. The summed E-state index contributed by atoms with van der Waals surface area (Å²) in [5.41, 5.74) is 6.05. The Hall–Kier alpha value is -5.12. The largest absolute Gasteiger partial charge is 0.371 e. The van der Waals surface area contributed by atoms with Gasteiger partial charge >= 0.3 is 0 Å². The van der Waals surface area contributed by atoms with Gasteiger partial charge in [0, 0.05) is 93.1 Å². The lowest BCUT2D eigenvalue weighted by molar-refractivity contribution is -0.136. The number of carbonyl (C=O) groups is 4. The molecule has 1 N–H and O–H groups in total. The van der Waals surface area contributed by atoms with E-state index in [0.717, 1.165) is 74.9 Å². The Kier molecular flexibility index (Phi) is 9.64. The molecule has 1 spiro atoms. The lowest BCUT2D eigenvalue weighted by Crippen LogP contribution is -2.61. The van der Waals surface area contributed by atoms with Crippen LogP contribution in [0.1, 0.15) is 78.1 Å². The van der Waals surface area contributed by atoms with E-state index in [9.17, 15) is 24.4 Å². The Labute approximate surface area is 338 Å². The van der Waals surface area contributed by atoms with Crippen LogP contribution in [-0.4, -0.2) is 110 Å². The zero-order chi connectivity index (χ0) is 39.6. The second-order valence-electron chi connectivity index (χ2n) is 17.1. The van der Waals surface area contributed by atoms with Gasteiger partial charge in [-0.05, 0) is 119 Å². The number of carbonyl (C=O) groups excluding carboxylic acids is 4. The predicted molar refractivity (Wildman–Crippen MR) is 220 cm³/mol. The van der Waals surface area contributed by atoms with Crippen molar-refractivity contribution < 1.29 is 19.2 Å². The summed E-state index contributed by atoms with van der Waals surface area (Å²) in [6.07, 6.45) is 5.95. The van der Waals surface area contributed by atoms with Crippen molar-refractivity contribution in [2.75, 3.05) is 72.5 Å². The highest BCUT2D eigenvalue weighted by Gasteiger charge is 2.46. The quantitative estimate of drug-likeness (QED) is 0.316. The zero-order valence-electron chi connectivity index (χ0n) is 32.6. The van der Waals surface area contributed by atoms with Crippen LogP contribution in [0.15, 0.2) is 60.7 Å². The van der Waals surface area contributed by atoms with Gasteiger partial charge in [0.25, 0.3) is 11.8 Å². The summed E-state index contributed by atoms with van der Waals surface area (Å²) < 4.78 is 0. The number of fused-ring (bicyclic) bond motifs is 1. The highest BCUT2D eigenvalue weighted by Crippen LogP contribution is 2.46. The number of halogens is 1. The number of anilines is 4. The predicted octanol–water partition coefficient (Wildman–Crippen LogP) is 5.29.